The third-order valence-electron chi connectivity index (χ3n) is 4.03. The van der Waals surface area contributed by atoms with E-state index < -0.39 is 11.6 Å². The second kappa shape index (κ2) is 7.00. The van der Waals surface area contributed by atoms with Crippen LogP contribution in [0.3, 0.4) is 0 Å². The van der Waals surface area contributed by atoms with E-state index >= 15 is 0 Å². The number of aromatic nitrogens is 2. The molecule has 1 atom stereocenters. The second-order valence-electron chi connectivity index (χ2n) is 6.38. The summed E-state index contributed by atoms with van der Waals surface area (Å²) in [5.41, 5.74) is 0.336. The Morgan fingerprint density at radius 1 is 1.42 bits per heavy atom. The fourth-order valence-electron chi connectivity index (χ4n) is 2.03. The standard InChI is InChI=1S/C17H23FN4O2/c1-11(2)17(4,24)10-19-16(23)20-15-8-12(3)22(21-15)14-7-5-6-13(18)9-14/h5-9,11,24H,10H2,1-4H3,(H2,19,20,21,23). The lowest BCUT2D eigenvalue weighted by atomic mass is 9.93. The van der Waals surface area contributed by atoms with Crippen LogP contribution in [0.4, 0.5) is 15.0 Å². The second-order valence-corrected chi connectivity index (χ2v) is 6.38. The number of hydrogen-bond donors (Lipinski definition) is 3. The Morgan fingerprint density at radius 2 is 2.12 bits per heavy atom. The quantitative estimate of drug-likeness (QED) is 0.787. The predicted molar refractivity (Wildman–Crippen MR) is 90.7 cm³/mol. The Labute approximate surface area is 140 Å². The van der Waals surface area contributed by atoms with Gasteiger partial charge in [0.2, 0.25) is 0 Å². The van der Waals surface area contributed by atoms with Crippen LogP contribution in [0.5, 0.6) is 0 Å². The smallest absolute Gasteiger partial charge is 0.320 e. The molecule has 0 saturated carbocycles. The first-order chi connectivity index (χ1) is 11.2. The Bertz CT molecular complexity index is 725. The molecule has 130 valence electrons. The minimum Gasteiger partial charge on any atom is -0.388 e. The van der Waals surface area contributed by atoms with Gasteiger partial charge >= 0.3 is 6.03 Å². The van der Waals surface area contributed by atoms with Crippen molar-refractivity contribution in [1.29, 1.82) is 0 Å². The van der Waals surface area contributed by atoms with E-state index in [2.05, 4.69) is 15.7 Å². The molecular weight excluding hydrogens is 311 g/mol. The third kappa shape index (κ3) is 4.32. The summed E-state index contributed by atoms with van der Waals surface area (Å²) in [6, 6.07) is 7.27. The molecule has 24 heavy (non-hydrogen) atoms. The lowest BCUT2D eigenvalue weighted by Gasteiger charge is -2.27. The highest BCUT2D eigenvalue weighted by molar-refractivity contribution is 5.88. The summed E-state index contributed by atoms with van der Waals surface area (Å²) in [5.74, 6) is -0.00347. The highest BCUT2D eigenvalue weighted by atomic mass is 19.1. The topological polar surface area (TPSA) is 79.2 Å². The van der Waals surface area contributed by atoms with Crippen LogP contribution in [0.15, 0.2) is 30.3 Å². The summed E-state index contributed by atoms with van der Waals surface area (Å²) in [5, 5.41) is 19.6. The zero-order valence-electron chi connectivity index (χ0n) is 14.3. The fraction of sp³-hybridized carbons (Fsp3) is 0.412. The summed E-state index contributed by atoms with van der Waals surface area (Å²) >= 11 is 0. The van der Waals surface area contributed by atoms with Crippen LogP contribution in [0.1, 0.15) is 26.5 Å². The van der Waals surface area contributed by atoms with Crippen molar-refractivity contribution < 1.29 is 14.3 Å². The van der Waals surface area contributed by atoms with Crippen LogP contribution in [0.25, 0.3) is 5.69 Å². The van der Waals surface area contributed by atoms with Crippen LogP contribution in [-0.4, -0.2) is 33.1 Å². The molecule has 7 heteroatoms. The first-order valence-electron chi connectivity index (χ1n) is 7.79. The zero-order chi connectivity index (χ0) is 17.9. The van der Waals surface area contributed by atoms with E-state index in [0.717, 1.165) is 5.69 Å². The molecule has 1 aromatic carbocycles. The molecular formula is C17H23FN4O2. The Hall–Kier alpha value is -2.41. The number of carbonyl (C=O) groups is 1. The van der Waals surface area contributed by atoms with Crippen molar-refractivity contribution in [3.05, 3.63) is 41.8 Å². The SMILES string of the molecule is Cc1cc(NC(=O)NCC(C)(O)C(C)C)nn1-c1cccc(F)c1. The molecule has 0 aliphatic heterocycles. The number of rotatable bonds is 5. The average Bonchev–Trinajstić information content (AvgIpc) is 2.85. The largest absolute Gasteiger partial charge is 0.388 e. The molecule has 2 rings (SSSR count). The van der Waals surface area contributed by atoms with Gasteiger partial charge in [-0.3, -0.25) is 5.32 Å². The number of benzene rings is 1. The van der Waals surface area contributed by atoms with Crippen LogP contribution in [0, 0.1) is 18.7 Å². The maximum atomic E-state index is 13.3. The van der Waals surface area contributed by atoms with Gasteiger partial charge < -0.3 is 10.4 Å². The fourth-order valence-corrected chi connectivity index (χ4v) is 2.03. The summed E-state index contributed by atoms with van der Waals surface area (Å²) in [4.78, 5) is 12.0. The maximum Gasteiger partial charge on any atom is 0.320 e. The van der Waals surface area contributed by atoms with Gasteiger partial charge in [0, 0.05) is 18.3 Å². The lowest BCUT2D eigenvalue weighted by Crippen LogP contribution is -2.45. The summed E-state index contributed by atoms with van der Waals surface area (Å²) in [7, 11) is 0. The Morgan fingerprint density at radius 3 is 2.75 bits per heavy atom. The molecule has 2 aromatic rings. The normalized spacial score (nSPS) is 13.6. The Balaban J connectivity index is 2.04. The minimum absolute atomic E-state index is 0.00669. The van der Waals surface area contributed by atoms with Gasteiger partial charge in [0.1, 0.15) is 5.82 Å². The summed E-state index contributed by atoms with van der Waals surface area (Å²) in [6.07, 6.45) is 0. The number of aryl methyl sites for hydroxylation is 1. The molecule has 0 radical (unpaired) electrons. The number of urea groups is 1. The van der Waals surface area contributed by atoms with Crippen molar-refractivity contribution in [2.24, 2.45) is 5.92 Å². The summed E-state index contributed by atoms with van der Waals surface area (Å²) < 4.78 is 14.9. The first-order valence-corrected chi connectivity index (χ1v) is 7.79. The van der Waals surface area contributed by atoms with Gasteiger partial charge in [-0.1, -0.05) is 19.9 Å². The van der Waals surface area contributed by atoms with Crippen molar-refractivity contribution in [3.8, 4) is 5.69 Å². The van der Waals surface area contributed by atoms with E-state index in [1.807, 2.05) is 20.8 Å². The van der Waals surface area contributed by atoms with Crippen LogP contribution >= 0.6 is 0 Å². The van der Waals surface area contributed by atoms with Crippen LogP contribution < -0.4 is 10.6 Å². The number of nitrogens with one attached hydrogen (secondary N) is 2. The number of amides is 2. The van der Waals surface area contributed by atoms with Crippen molar-refractivity contribution in [2.45, 2.75) is 33.3 Å². The molecule has 1 unspecified atom stereocenters. The molecule has 0 fully saturated rings. The number of aliphatic hydroxyl groups is 1. The highest BCUT2D eigenvalue weighted by Crippen LogP contribution is 2.17. The molecule has 0 aliphatic rings. The molecule has 0 bridgehead atoms. The first kappa shape index (κ1) is 17.9. The maximum absolute atomic E-state index is 13.3. The highest BCUT2D eigenvalue weighted by Gasteiger charge is 2.25. The van der Waals surface area contributed by atoms with Crippen LogP contribution in [-0.2, 0) is 0 Å². The molecule has 0 saturated heterocycles. The van der Waals surface area contributed by atoms with Gasteiger partial charge in [0.15, 0.2) is 5.82 Å². The van der Waals surface area contributed by atoms with Crippen molar-refractivity contribution in [1.82, 2.24) is 15.1 Å². The van der Waals surface area contributed by atoms with Gasteiger partial charge in [-0.15, -0.1) is 5.10 Å². The monoisotopic (exact) mass is 334 g/mol. The predicted octanol–water partition coefficient (Wildman–Crippen LogP) is 2.85. The molecule has 0 aliphatic carbocycles. The zero-order valence-corrected chi connectivity index (χ0v) is 14.3. The molecule has 0 spiro atoms. The lowest BCUT2D eigenvalue weighted by molar-refractivity contribution is 0.0170. The molecule has 2 amide bonds. The van der Waals surface area contributed by atoms with Gasteiger partial charge in [-0.05, 0) is 38.0 Å². The number of hydrogen-bond acceptors (Lipinski definition) is 3. The number of anilines is 1. The number of halogens is 1. The Kier molecular flexibility index (Phi) is 5.23. The van der Waals surface area contributed by atoms with E-state index in [-0.39, 0.29) is 18.3 Å². The number of carbonyl (C=O) groups excluding carboxylic acids is 1. The van der Waals surface area contributed by atoms with Gasteiger partial charge in [-0.2, -0.15) is 0 Å². The van der Waals surface area contributed by atoms with Gasteiger partial charge in [0.05, 0.1) is 11.3 Å². The molecule has 1 aromatic heterocycles. The van der Waals surface area contributed by atoms with Crippen molar-refractivity contribution >= 4 is 11.8 Å². The van der Waals surface area contributed by atoms with Gasteiger partial charge in [0.25, 0.3) is 0 Å². The van der Waals surface area contributed by atoms with E-state index in [1.165, 1.54) is 12.1 Å². The van der Waals surface area contributed by atoms with E-state index in [4.69, 9.17) is 0 Å². The van der Waals surface area contributed by atoms with Crippen molar-refractivity contribution in [3.63, 3.8) is 0 Å². The van der Waals surface area contributed by atoms with Crippen molar-refractivity contribution in [2.75, 3.05) is 11.9 Å². The van der Waals surface area contributed by atoms with E-state index in [1.54, 1.807) is 29.8 Å². The average molecular weight is 334 g/mol. The van der Waals surface area contributed by atoms with E-state index in [9.17, 15) is 14.3 Å². The van der Waals surface area contributed by atoms with E-state index in [0.29, 0.717) is 11.5 Å². The van der Waals surface area contributed by atoms with Gasteiger partial charge in [-0.25, -0.2) is 13.9 Å². The minimum atomic E-state index is -0.992. The molecule has 1 heterocycles. The summed E-state index contributed by atoms with van der Waals surface area (Å²) in [6.45, 7) is 7.36. The number of nitrogens with zero attached hydrogens (tertiary/aromatic N) is 2. The molecule has 6 nitrogen and oxygen atoms in total. The van der Waals surface area contributed by atoms with Crippen LogP contribution in [0.2, 0.25) is 0 Å². The third-order valence-corrected chi connectivity index (χ3v) is 4.03. The molecule has 3 N–H and O–H groups in total.